The van der Waals surface area contributed by atoms with Crippen molar-refractivity contribution in [2.75, 3.05) is 5.32 Å². The van der Waals surface area contributed by atoms with E-state index in [1.165, 1.54) is 16.9 Å². The summed E-state index contributed by atoms with van der Waals surface area (Å²) in [5.74, 6) is -0.182. The van der Waals surface area contributed by atoms with Gasteiger partial charge in [0.25, 0.3) is 5.91 Å². The molecule has 7 heteroatoms. The number of furan rings is 1. The number of anilines is 1. The third-order valence-electron chi connectivity index (χ3n) is 3.93. The zero-order chi connectivity index (χ0) is 18.3. The lowest BCUT2D eigenvalue weighted by Crippen LogP contribution is -2.33. The molecule has 0 atom stereocenters. The van der Waals surface area contributed by atoms with E-state index in [1.807, 2.05) is 31.2 Å². The van der Waals surface area contributed by atoms with Crippen molar-refractivity contribution in [1.82, 2.24) is 10.3 Å². The van der Waals surface area contributed by atoms with E-state index in [0.29, 0.717) is 10.7 Å². The van der Waals surface area contributed by atoms with Gasteiger partial charge in [0.2, 0.25) is 0 Å². The monoisotopic (exact) mass is 381 g/mol. The number of aromatic nitrogens is 1. The van der Waals surface area contributed by atoms with Gasteiger partial charge in [0.05, 0.1) is 10.2 Å². The average Bonchev–Trinajstić information content (AvgIpc) is 3.18. The zero-order valence-electron chi connectivity index (χ0n) is 14.1. The number of aryl methyl sites for hydroxylation is 2. The van der Waals surface area contributed by atoms with E-state index in [4.69, 9.17) is 16.6 Å². The summed E-state index contributed by atoms with van der Waals surface area (Å²) in [4.78, 5) is 16.9. The Hall–Kier alpha value is -2.77. The summed E-state index contributed by atoms with van der Waals surface area (Å²) >= 11 is 6.73. The fourth-order valence-corrected chi connectivity index (χ4v) is 4.11. The van der Waals surface area contributed by atoms with Crippen LogP contribution in [-0.2, 0) is 0 Å². The second kappa shape index (κ2) is 6.51. The minimum Gasteiger partial charge on any atom is -0.451 e. The fraction of sp³-hybridized carbons (Fsp3) is 0.105. The molecule has 0 unspecified atom stereocenters. The van der Waals surface area contributed by atoms with E-state index in [0.717, 1.165) is 21.2 Å². The van der Waals surface area contributed by atoms with Crippen LogP contribution < -0.4 is 10.6 Å². The normalized spacial score (nSPS) is 11.0. The van der Waals surface area contributed by atoms with Crippen molar-refractivity contribution in [2.45, 2.75) is 13.8 Å². The van der Waals surface area contributed by atoms with Gasteiger partial charge in [0, 0.05) is 5.39 Å². The average molecular weight is 381 g/mol. The molecule has 5 nitrogen and oxygen atoms in total. The first-order valence-electron chi connectivity index (χ1n) is 7.98. The molecule has 0 radical (unpaired) electrons. The lowest BCUT2D eigenvalue weighted by Gasteiger charge is -2.05. The van der Waals surface area contributed by atoms with Gasteiger partial charge in [-0.05, 0) is 55.4 Å². The molecule has 0 aliphatic carbocycles. The predicted molar refractivity (Wildman–Crippen MR) is 109 cm³/mol. The van der Waals surface area contributed by atoms with Gasteiger partial charge in [0.1, 0.15) is 5.58 Å². The summed E-state index contributed by atoms with van der Waals surface area (Å²) in [6, 6.07) is 13.3. The van der Waals surface area contributed by atoms with E-state index in [1.54, 1.807) is 6.07 Å². The highest BCUT2D eigenvalue weighted by atomic mass is 32.1. The van der Waals surface area contributed by atoms with Crippen LogP contribution in [0.5, 0.6) is 0 Å². The molecule has 2 aromatic heterocycles. The number of thiazole rings is 1. The molecule has 1 amide bonds. The number of hydrogen-bond donors (Lipinski definition) is 2. The molecule has 26 heavy (non-hydrogen) atoms. The third-order valence-corrected chi connectivity index (χ3v) is 5.05. The first kappa shape index (κ1) is 16.7. The predicted octanol–water partition coefficient (Wildman–Crippen LogP) is 4.79. The van der Waals surface area contributed by atoms with Gasteiger partial charge in [-0.1, -0.05) is 35.6 Å². The second-order valence-electron chi connectivity index (χ2n) is 6.00. The number of benzene rings is 2. The first-order valence-corrected chi connectivity index (χ1v) is 9.21. The minimum atomic E-state index is -0.396. The van der Waals surface area contributed by atoms with Crippen LogP contribution in [0, 0.1) is 13.8 Å². The first-order chi connectivity index (χ1) is 12.5. The molecule has 0 bridgehead atoms. The van der Waals surface area contributed by atoms with Crippen LogP contribution in [0.3, 0.4) is 0 Å². The summed E-state index contributed by atoms with van der Waals surface area (Å²) in [7, 11) is 0. The van der Waals surface area contributed by atoms with Gasteiger partial charge in [-0.3, -0.25) is 10.1 Å². The Labute approximate surface area is 159 Å². The Morgan fingerprint density at radius 3 is 2.81 bits per heavy atom. The molecule has 0 aliphatic rings. The third kappa shape index (κ3) is 3.18. The maximum atomic E-state index is 12.3. The number of carbonyl (C=O) groups is 1. The number of fused-ring (bicyclic) bond motifs is 2. The van der Waals surface area contributed by atoms with Crippen LogP contribution in [-0.4, -0.2) is 16.0 Å². The van der Waals surface area contributed by atoms with Gasteiger partial charge >= 0.3 is 0 Å². The largest absolute Gasteiger partial charge is 0.451 e. The molecule has 130 valence electrons. The van der Waals surface area contributed by atoms with Crippen LogP contribution in [0.15, 0.2) is 46.9 Å². The van der Waals surface area contributed by atoms with Gasteiger partial charge < -0.3 is 9.73 Å². The molecule has 4 rings (SSSR count). The highest BCUT2D eigenvalue weighted by molar-refractivity contribution is 7.80. The molecule has 0 saturated heterocycles. The number of rotatable bonds is 2. The highest BCUT2D eigenvalue weighted by Gasteiger charge is 2.15. The summed E-state index contributed by atoms with van der Waals surface area (Å²) < 4.78 is 6.63. The molecule has 0 spiro atoms. The van der Waals surface area contributed by atoms with Gasteiger partial charge in [-0.15, -0.1) is 0 Å². The molecule has 4 aromatic rings. The minimum absolute atomic E-state index is 0.184. The molecule has 2 N–H and O–H groups in total. The molecule has 2 heterocycles. The number of thiocarbonyl (C=S) groups is 1. The number of carbonyl (C=O) groups excluding carboxylic acids is 1. The highest BCUT2D eigenvalue weighted by Crippen LogP contribution is 2.29. The maximum absolute atomic E-state index is 12.3. The topological polar surface area (TPSA) is 67.2 Å². The van der Waals surface area contributed by atoms with Crippen molar-refractivity contribution >= 4 is 60.9 Å². The Morgan fingerprint density at radius 2 is 2.00 bits per heavy atom. The van der Waals surface area contributed by atoms with E-state index in [-0.39, 0.29) is 10.9 Å². The van der Waals surface area contributed by atoms with Gasteiger partial charge in [-0.25, -0.2) is 4.98 Å². The van der Waals surface area contributed by atoms with Crippen molar-refractivity contribution in [3.63, 3.8) is 0 Å². The smallest absolute Gasteiger partial charge is 0.293 e. The fourth-order valence-electron chi connectivity index (χ4n) is 2.81. The lowest BCUT2D eigenvalue weighted by atomic mass is 10.1. The van der Waals surface area contributed by atoms with Crippen molar-refractivity contribution in [3.05, 3.63) is 59.4 Å². The molecular formula is C19H15N3O2S2. The summed E-state index contributed by atoms with van der Waals surface area (Å²) in [5.41, 5.74) is 3.90. The summed E-state index contributed by atoms with van der Waals surface area (Å²) in [5, 5.41) is 7.30. The summed E-state index contributed by atoms with van der Waals surface area (Å²) in [6.45, 7) is 4.08. The maximum Gasteiger partial charge on any atom is 0.293 e. The molecular weight excluding hydrogens is 366 g/mol. The van der Waals surface area contributed by atoms with E-state index >= 15 is 0 Å². The van der Waals surface area contributed by atoms with E-state index in [9.17, 15) is 4.79 Å². The van der Waals surface area contributed by atoms with Crippen molar-refractivity contribution in [3.8, 4) is 0 Å². The number of hydrogen-bond acceptors (Lipinski definition) is 5. The van der Waals surface area contributed by atoms with Crippen LogP contribution in [0.2, 0.25) is 0 Å². The molecule has 0 fully saturated rings. The Bertz CT molecular complexity index is 1130. The second-order valence-corrected chi connectivity index (χ2v) is 7.44. The standard InChI is InChI=1S/C19H15N3O2S2/c1-10-7-11(2)16-15(8-10)26-19(20-16)22-18(25)21-17(23)14-9-12-5-3-4-6-13(12)24-14/h3-9H,1-2H3,(H2,20,21,22,23,25). The Kier molecular flexibility index (Phi) is 4.18. The van der Waals surface area contributed by atoms with Gasteiger partial charge in [-0.2, -0.15) is 0 Å². The molecule has 0 saturated carbocycles. The number of amides is 1. The van der Waals surface area contributed by atoms with Crippen LogP contribution >= 0.6 is 23.6 Å². The van der Waals surface area contributed by atoms with Crippen molar-refractivity contribution in [2.24, 2.45) is 0 Å². The van der Waals surface area contributed by atoms with Crippen LogP contribution in [0.4, 0.5) is 5.13 Å². The van der Waals surface area contributed by atoms with Crippen molar-refractivity contribution < 1.29 is 9.21 Å². The number of para-hydroxylation sites is 1. The molecule has 2 aromatic carbocycles. The quantitative estimate of drug-likeness (QED) is 0.489. The lowest BCUT2D eigenvalue weighted by molar-refractivity contribution is 0.0953. The van der Waals surface area contributed by atoms with Crippen molar-refractivity contribution in [1.29, 1.82) is 0 Å². The Balaban J connectivity index is 1.49. The van der Waals surface area contributed by atoms with E-state index in [2.05, 4.69) is 34.7 Å². The number of nitrogens with zero attached hydrogens (tertiary/aromatic N) is 1. The Morgan fingerprint density at radius 1 is 1.19 bits per heavy atom. The SMILES string of the molecule is Cc1cc(C)c2nc(NC(=S)NC(=O)c3cc4ccccc4o3)sc2c1. The van der Waals surface area contributed by atoms with Crippen LogP contribution in [0.1, 0.15) is 21.7 Å². The summed E-state index contributed by atoms with van der Waals surface area (Å²) in [6.07, 6.45) is 0. The zero-order valence-corrected chi connectivity index (χ0v) is 15.8. The molecule has 0 aliphatic heterocycles. The number of nitrogens with one attached hydrogen (secondary N) is 2. The van der Waals surface area contributed by atoms with E-state index < -0.39 is 5.91 Å². The van der Waals surface area contributed by atoms with Gasteiger partial charge in [0.15, 0.2) is 16.0 Å². The van der Waals surface area contributed by atoms with Crippen LogP contribution in [0.25, 0.3) is 21.2 Å².